The molecule has 0 spiro atoms. The van der Waals surface area contributed by atoms with Gasteiger partial charge in [-0.05, 0) is 25.7 Å². The summed E-state index contributed by atoms with van der Waals surface area (Å²) < 4.78 is 4.73. The van der Waals surface area contributed by atoms with Crippen LogP contribution in [0.25, 0.3) is 0 Å². The lowest BCUT2D eigenvalue weighted by Crippen LogP contribution is -2.32. The zero-order valence-electron chi connectivity index (χ0n) is 8.97. The summed E-state index contributed by atoms with van der Waals surface area (Å²) in [5.41, 5.74) is -0.511. The van der Waals surface area contributed by atoms with Gasteiger partial charge in [0.1, 0.15) is 5.60 Å². The molecule has 0 atom stereocenters. The van der Waals surface area contributed by atoms with Crippen LogP contribution in [0.15, 0.2) is 0 Å². The standard InChI is InChI=1S/C9H18O3.H2O/c1-8(2,3)6-9(4,5)12-7(10)11;/h6H2,1-5H3,(H,10,11);1H2. The Bertz CT molecular complexity index is 167. The first-order valence-corrected chi connectivity index (χ1v) is 4.04. The van der Waals surface area contributed by atoms with Gasteiger partial charge in [-0.15, -0.1) is 0 Å². The molecule has 0 unspecified atom stereocenters. The fourth-order valence-electron chi connectivity index (χ4n) is 1.55. The molecule has 4 heteroatoms. The third-order valence-corrected chi connectivity index (χ3v) is 1.32. The fourth-order valence-corrected chi connectivity index (χ4v) is 1.55. The maximum atomic E-state index is 10.3. The Labute approximate surface area is 79.2 Å². The van der Waals surface area contributed by atoms with E-state index in [-0.39, 0.29) is 10.9 Å². The van der Waals surface area contributed by atoms with Crippen molar-refractivity contribution in [2.24, 2.45) is 5.41 Å². The maximum absolute atomic E-state index is 10.3. The lowest BCUT2D eigenvalue weighted by Gasteiger charge is -2.30. The predicted molar refractivity (Wildman–Crippen MR) is 50.9 cm³/mol. The highest BCUT2D eigenvalue weighted by molar-refractivity contribution is 5.57. The summed E-state index contributed by atoms with van der Waals surface area (Å²) in [5.74, 6) is 0. The van der Waals surface area contributed by atoms with E-state index in [4.69, 9.17) is 9.84 Å². The van der Waals surface area contributed by atoms with Crippen molar-refractivity contribution in [3.05, 3.63) is 0 Å². The van der Waals surface area contributed by atoms with Crippen LogP contribution in [-0.2, 0) is 4.74 Å². The molecular weight excluding hydrogens is 172 g/mol. The molecule has 0 fully saturated rings. The van der Waals surface area contributed by atoms with Crippen LogP contribution in [0.1, 0.15) is 41.0 Å². The number of rotatable bonds is 2. The second-order valence-corrected chi connectivity index (χ2v) is 4.87. The van der Waals surface area contributed by atoms with Gasteiger partial charge < -0.3 is 15.3 Å². The van der Waals surface area contributed by atoms with Crippen molar-refractivity contribution in [2.75, 3.05) is 0 Å². The van der Waals surface area contributed by atoms with Crippen molar-refractivity contribution in [1.29, 1.82) is 0 Å². The van der Waals surface area contributed by atoms with Gasteiger partial charge in [-0.2, -0.15) is 0 Å². The van der Waals surface area contributed by atoms with Crippen LogP contribution in [0.5, 0.6) is 0 Å². The van der Waals surface area contributed by atoms with Crippen molar-refractivity contribution >= 4 is 6.16 Å². The van der Waals surface area contributed by atoms with Crippen LogP contribution >= 0.6 is 0 Å². The van der Waals surface area contributed by atoms with Crippen LogP contribution < -0.4 is 0 Å². The number of carboxylic acid groups (broad SMARTS) is 1. The minimum Gasteiger partial charge on any atom is -0.450 e. The highest BCUT2D eigenvalue weighted by atomic mass is 16.7. The summed E-state index contributed by atoms with van der Waals surface area (Å²) in [6.07, 6.45) is -0.490. The summed E-state index contributed by atoms with van der Waals surface area (Å²) in [4.78, 5) is 10.3. The van der Waals surface area contributed by atoms with Gasteiger partial charge in [0.05, 0.1) is 0 Å². The van der Waals surface area contributed by atoms with E-state index in [0.717, 1.165) is 0 Å². The van der Waals surface area contributed by atoms with Crippen molar-refractivity contribution < 1.29 is 20.1 Å². The molecule has 0 amide bonds. The van der Waals surface area contributed by atoms with E-state index < -0.39 is 11.8 Å². The average molecular weight is 192 g/mol. The first-order chi connectivity index (χ1) is 5.12. The molecule has 4 nitrogen and oxygen atoms in total. The third-order valence-electron chi connectivity index (χ3n) is 1.32. The Kier molecular flexibility index (Phi) is 5.06. The first kappa shape index (κ1) is 14.7. The second-order valence-electron chi connectivity index (χ2n) is 4.87. The molecule has 0 rings (SSSR count). The number of ether oxygens (including phenoxy) is 1. The van der Waals surface area contributed by atoms with Crippen molar-refractivity contribution in [3.63, 3.8) is 0 Å². The second kappa shape index (κ2) is 4.46. The zero-order valence-corrected chi connectivity index (χ0v) is 8.97. The molecule has 0 aromatic carbocycles. The molecule has 0 aliphatic rings. The van der Waals surface area contributed by atoms with Gasteiger partial charge in [0.2, 0.25) is 0 Å². The SMILES string of the molecule is CC(C)(C)CC(C)(C)OC(=O)O.O. The molecule has 3 N–H and O–H groups in total. The summed E-state index contributed by atoms with van der Waals surface area (Å²) in [6.45, 7) is 9.73. The van der Waals surface area contributed by atoms with Gasteiger partial charge in [0.15, 0.2) is 0 Å². The van der Waals surface area contributed by atoms with Crippen LogP contribution in [0, 0.1) is 5.41 Å². The van der Waals surface area contributed by atoms with E-state index >= 15 is 0 Å². The van der Waals surface area contributed by atoms with Crippen LogP contribution in [0.3, 0.4) is 0 Å². The lowest BCUT2D eigenvalue weighted by molar-refractivity contribution is -0.0180. The molecule has 80 valence electrons. The summed E-state index contributed by atoms with van der Waals surface area (Å²) in [5, 5.41) is 8.42. The molecule has 0 heterocycles. The van der Waals surface area contributed by atoms with E-state index in [1.165, 1.54) is 0 Å². The zero-order chi connectivity index (χ0) is 9.99. The van der Waals surface area contributed by atoms with Crippen LogP contribution in [0.2, 0.25) is 0 Å². The van der Waals surface area contributed by atoms with Crippen LogP contribution in [-0.4, -0.2) is 22.3 Å². The molecule has 13 heavy (non-hydrogen) atoms. The quantitative estimate of drug-likeness (QED) is 0.680. The normalized spacial score (nSPS) is 11.8. The lowest BCUT2D eigenvalue weighted by atomic mass is 9.84. The molecule has 0 aromatic rings. The van der Waals surface area contributed by atoms with E-state index in [1.807, 2.05) is 0 Å². The smallest absolute Gasteiger partial charge is 0.450 e. The number of hydrogen-bond donors (Lipinski definition) is 1. The molecule has 0 bridgehead atoms. The van der Waals surface area contributed by atoms with Gasteiger partial charge >= 0.3 is 6.16 Å². The van der Waals surface area contributed by atoms with E-state index in [2.05, 4.69) is 20.8 Å². The molecule has 0 saturated carbocycles. The molecule has 0 saturated heterocycles. The molecule has 0 aliphatic carbocycles. The van der Waals surface area contributed by atoms with Gasteiger partial charge in [-0.3, -0.25) is 0 Å². The Balaban J connectivity index is 0. The van der Waals surface area contributed by atoms with E-state index in [9.17, 15) is 4.79 Å². The predicted octanol–water partition coefficient (Wildman–Crippen LogP) is 2.07. The Morgan fingerprint density at radius 2 is 1.62 bits per heavy atom. The summed E-state index contributed by atoms with van der Waals surface area (Å²) >= 11 is 0. The Morgan fingerprint density at radius 3 is 1.85 bits per heavy atom. The largest absolute Gasteiger partial charge is 0.506 e. The molecule has 0 aromatic heterocycles. The molecular formula is C9H20O4. The Morgan fingerprint density at radius 1 is 1.23 bits per heavy atom. The molecule has 0 radical (unpaired) electrons. The summed E-state index contributed by atoms with van der Waals surface area (Å²) in [7, 11) is 0. The highest BCUT2D eigenvalue weighted by Gasteiger charge is 2.28. The van der Waals surface area contributed by atoms with Crippen molar-refractivity contribution in [1.82, 2.24) is 0 Å². The van der Waals surface area contributed by atoms with Crippen LogP contribution in [0.4, 0.5) is 4.79 Å². The number of carbonyl (C=O) groups is 1. The van der Waals surface area contributed by atoms with Gasteiger partial charge in [0.25, 0.3) is 0 Å². The highest BCUT2D eigenvalue weighted by Crippen LogP contribution is 2.29. The topological polar surface area (TPSA) is 78.0 Å². The maximum Gasteiger partial charge on any atom is 0.506 e. The first-order valence-electron chi connectivity index (χ1n) is 4.04. The fraction of sp³-hybridized carbons (Fsp3) is 0.889. The average Bonchev–Trinajstić information content (AvgIpc) is 1.48. The van der Waals surface area contributed by atoms with E-state index in [0.29, 0.717) is 6.42 Å². The minimum absolute atomic E-state index is 0. The minimum atomic E-state index is -1.20. The Hall–Kier alpha value is -0.770. The summed E-state index contributed by atoms with van der Waals surface area (Å²) in [6, 6.07) is 0. The van der Waals surface area contributed by atoms with Crippen molar-refractivity contribution in [3.8, 4) is 0 Å². The van der Waals surface area contributed by atoms with Gasteiger partial charge in [-0.1, -0.05) is 20.8 Å². The molecule has 0 aliphatic heterocycles. The van der Waals surface area contributed by atoms with Gasteiger partial charge in [-0.25, -0.2) is 4.79 Å². The number of hydrogen-bond acceptors (Lipinski definition) is 2. The monoisotopic (exact) mass is 192 g/mol. The van der Waals surface area contributed by atoms with Gasteiger partial charge in [0, 0.05) is 0 Å². The van der Waals surface area contributed by atoms with Crippen molar-refractivity contribution in [2.45, 2.75) is 46.6 Å². The third kappa shape index (κ3) is 9.14. The van der Waals surface area contributed by atoms with E-state index in [1.54, 1.807) is 13.8 Å².